The van der Waals surface area contributed by atoms with E-state index >= 15 is 0 Å². The summed E-state index contributed by atoms with van der Waals surface area (Å²) in [6.07, 6.45) is 0. The van der Waals surface area contributed by atoms with Gasteiger partial charge in [0.25, 0.3) is 0 Å². The van der Waals surface area contributed by atoms with Crippen LogP contribution < -0.4 is 0 Å². The van der Waals surface area contributed by atoms with Crippen molar-refractivity contribution in [1.82, 2.24) is 0 Å². The molecule has 0 unspecified atom stereocenters. The highest BCUT2D eigenvalue weighted by atomic mass is 32.1. The summed E-state index contributed by atoms with van der Waals surface area (Å²) in [6.45, 7) is 6.36. The third-order valence-electron chi connectivity index (χ3n) is 5.45. The van der Waals surface area contributed by atoms with Crippen LogP contribution in [-0.4, -0.2) is 11.5 Å². The molecule has 5 aromatic rings. The molecule has 0 aliphatic rings. The molecule has 0 aliphatic heterocycles. The Labute approximate surface area is 191 Å². The molecule has 154 valence electrons. The quantitative estimate of drug-likeness (QED) is 0.204. The summed E-state index contributed by atoms with van der Waals surface area (Å²) >= 11 is 1.78. The summed E-state index contributed by atoms with van der Waals surface area (Å²) in [5.74, 6) is 0.662. The van der Waals surface area contributed by atoms with Crippen LogP contribution in [0.15, 0.2) is 120 Å². The number of amidine groups is 1. The molecule has 4 aromatic carbocycles. The fourth-order valence-electron chi connectivity index (χ4n) is 3.81. The molecule has 1 aromatic heterocycles. The van der Waals surface area contributed by atoms with Gasteiger partial charge < -0.3 is 0 Å². The van der Waals surface area contributed by atoms with Gasteiger partial charge in [0.1, 0.15) is 0 Å². The first-order valence-corrected chi connectivity index (χ1v) is 11.4. The predicted molar refractivity (Wildman–Crippen MR) is 140 cm³/mol. The van der Waals surface area contributed by atoms with Crippen LogP contribution in [0.4, 0.5) is 0 Å². The number of nitrogens with zero attached hydrogens (tertiary/aromatic N) is 2. The molecule has 3 heteroatoms. The summed E-state index contributed by atoms with van der Waals surface area (Å²) in [4.78, 5) is 9.86. The minimum absolute atomic E-state index is 0.662. The Kier molecular flexibility index (Phi) is 5.49. The maximum Gasteiger partial charge on any atom is 0.160 e. The maximum absolute atomic E-state index is 4.94. The molecule has 0 aliphatic carbocycles. The van der Waals surface area contributed by atoms with Gasteiger partial charge in [0.05, 0.1) is 5.70 Å². The monoisotopic (exact) mass is 430 g/mol. The zero-order chi connectivity index (χ0) is 21.9. The zero-order valence-electron chi connectivity index (χ0n) is 17.8. The van der Waals surface area contributed by atoms with E-state index < -0.39 is 0 Å². The zero-order valence-corrected chi connectivity index (χ0v) is 18.6. The topological polar surface area (TPSA) is 24.7 Å². The smallest absolute Gasteiger partial charge is 0.160 e. The fraction of sp³-hybridized carbons (Fsp3) is 0.0345. The molecule has 0 atom stereocenters. The van der Waals surface area contributed by atoms with Crippen molar-refractivity contribution in [1.29, 1.82) is 0 Å². The Balaban J connectivity index is 1.63. The van der Waals surface area contributed by atoms with Crippen LogP contribution in [0.3, 0.4) is 0 Å². The van der Waals surface area contributed by atoms with Crippen molar-refractivity contribution >= 4 is 48.8 Å². The molecule has 5 rings (SSSR count). The van der Waals surface area contributed by atoms with Crippen LogP contribution in [0.1, 0.15) is 23.6 Å². The van der Waals surface area contributed by atoms with E-state index in [1.165, 1.54) is 20.2 Å². The fourth-order valence-corrected chi connectivity index (χ4v) is 5.04. The van der Waals surface area contributed by atoms with E-state index in [1.54, 1.807) is 11.3 Å². The van der Waals surface area contributed by atoms with Gasteiger partial charge in [-0.2, -0.15) is 0 Å². The minimum atomic E-state index is 0.662. The lowest BCUT2D eigenvalue weighted by atomic mass is 10.1. The Morgan fingerprint density at radius 1 is 0.656 bits per heavy atom. The van der Waals surface area contributed by atoms with Crippen molar-refractivity contribution in [2.75, 3.05) is 0 Å². The SMILES string of the molecule is C=C(N=C(N=C(C)c1ccccc1)c1ccccc1)c1cccc2c1sc1ccccc12. The van der Waals surface area contributed by atoms with E-state index in [-0.39, 0.29) is 0 Å². The van der Waals surface area contributed by atoms with Crippen molar-refractivity contribution in [3.63, 3.8) is 0 Å². The summed E-state index contributed by atoms with van der Waals surface area (Å²) < 4.78 is 2.48. The average Bonchev–Trinajstić information content (AvgIpc) is 3.23. The Bertz CT molecular complexity index is 1480. The maximum atomic E-state index is 4.94. The van der Waals surface area contributed by atoms with Gasteiger partial charge in [-0.25, -0.2) is 9.98 Å². The number of rotatable bonds is 4. The summed E-state index contributed by atoms with van der Waals surface area (Å²) in [5.41, 5.74) is 4.72. The lowest BCUT2D eigenvalue weighted by Crippen LogP contribution is -2.04. The van der Waals surface area contributed by atoms with E-state index in [0.29, 0.717) is 11.5 Å². The molecule has 0 amide bonds. The van der Waals surface area contributed by atoms with Crippen molar-refractivity contribution in [3.05, 3.63) is 126 Å². The van der Waals surface area contributed by atoms with Gasteiger partial charge in [-0.05, 0) is 18.6 Å². The molecule has 0 N–H and O–H groups in total. The number of benzene rings is 4. The van der Waals surface area contributed by atoms with Gasteiger partial charge in [-0.1, -0.05) is 104 Å². The summed E-state index contributed by atoms with van der Waals surface area (Å²) in [5, 5.41) is 2.51. The minimum Gasteiger partial charge on any atom is -0.233 e. The molecule has 2 nitrogen and oxygen atoms in total. The average molecular weight is 431 g/mol. The Morgan fingerprint density at radius 2 is 1.28 bits per heavy atom. The van der Waals surface area contributed by atoms with E-state index in [1.807, 2.05) is 55.5 Å². The van der Waals surface area contributed by atoms with Gasteiger partial charge in [0, 0.05) is 37.0 Å². The van der Waals surface area contributed by atoms with Crippen LogP contribution in [0, 0.1) is 0 Å². The lowest BCUT2D eigenvalue weighted by Gasteiger charge is -2.08. The van der Waals surface area contributed by atoms with Crippen LogP contribution in [0.25, 0.3) is 25.9 Å². The second-order valence-corrected chi connectivity index (χ2v) is 8.64. The van der Waals surface area contributed by atoms with Gasteiger partial charge in [-0.3, -0.25) is 0 Å². The number of hydrogen-bond acceptors (Lipinski definition) is 2. The molecule has 0 radical (unpaired) electrons. The molecule has 1 heterocycles. The molecule has 32 heavy (non-hydrogen) atoms. The van der Waals surface area contributed by atoms with Crippen molar-refractivity contribution in [2.45, 2.75) is 6.92 Å². The first kappa shape index (κ1) is 20.1. The van der Waals surface area contributed by atoms with Gasteiger partial charge in [0.15, 0.2) is 5.84 Å². The third kappa shape index (κ3) is 3.91. The Morgan fingerprint density at radius 3 is 2.03 bits per heavy atom. The normalized spacial score (nSPS) is 12.4. The van der Waals surface area contributed by atoms with E-state index in [9.17, 15) is 0 Å². The molecular weight excluding hydrogens is 408 g/mol. The lowest BCUT2D eigenvalue weighted by molar-refractivity contribution is 1.45. The molecular formula is C29H22N2S. The molecule has 0 spiro atoms. The summed E-state index contributed by atoms with van der Waals surface area (Å²) in [7, 11) is 0. The first-order chi connectivity index (χ1) is 15.7. The second kappa shape index (κ2) is 8.74. The van der Waals surface area contributed by atoms with Crippen molar-refractivity contribution < 1.29 is 0 Å². The van der Waals surface area contributed by atoms with Crippen LogP contribution >= 0.6 is 11.3 Å². The first-order valence-electron chi connectivity index (χ1n) is 10.5. The molecule has 0 fully saturated rings. The van der Waals surface area contributed by atoms with Crippen LogP contribution in [0.2, 0.25) is 0 Å². The Hall–Kier alpha value is -3.82. The molecule has 0 saturated heterocycles. The highest BCUT2D eigenvalue weighted by Crippen LogP contribution is 2.38. The standard InChI is InChI=1S/C29H22N2S/c1-20(22-12-5-3-6-13-22)30-29(23-14-7-4-8-15-23)31-21(2)24-17-11-18-26-25-16-9-10-19-27(25)32-28(24)26/h3-19H,2H2,1H3. The number of fused-ring (bicyclic) bond motifs is 3. The third-order valence-corrected chi connectivity index (χ3v) is 6.67. The van der Waals surface area contributed by atoms with E-state index in [0.717, 1.165) is 22.4 Å². The summed E-state index contributed by atoms with van der Waals surface area (Å²) in [6, 6.07) is 35.1. The molecule has 0 saturated carbocycles. The number of hydrogen-bond donors (Lipinski definition) is 0. The molecule has 0 bridgehead atoms. The van der Waals surface area contributed by atoms with Gasteiger partial charge in [-0.15, -0.1) is 11.3 Å². The van der Waals surface area contributed by atoms with Crippen molar-refractivity contribution in [3.8, 4) is 0 Å². The van der Waals surface area contributed by atoms with Gasteiger partial charge in [0.2, 0.25) is 0 Å². The van der Waals surface area contributed by atoms with Crippen LogP contribution in [0.5, 0.6) is 0 Å². The van der Waals surface area contributed by atoms with Crippen molar-refractivity contribution in [2.24, 2.45) is 9.98 Å². The van der Waals surface area contributed by atoms with Crippen LogP contribution in [-0.2, 0) is 0 Å². The predicted octanol–water partition coefficient (Wildman–Crippen LogP) is 7.98. The van der Waals surface area contributed by atoms with Gasteiger partial charge >= 0.3 is 0 Å². The largest absolute Gasteiger partial charge is 0.233 e. The highest BCUT2D eigenvalue weighted by molar-refractivity contribution is 7.26. The van der Waals surface area contributed by atoms with E-state index in [4.69, 9.17) is 9.98 Å². The second-order valence-electron chi connectivity index (χ2n) is 7.59. The highest BCUT2D eigenvalue weighted by Gasteiger charge is 2.12. The number of thiophene rings is 1. The number of aliphatic imine (C=N–C) groups is 2. The van der Waals surface area contributed by atoms with E-state index in [2.05, 4.69) is 61.2 Å².